The summed E-state index contributed by atoms with van der Waals surface area (Å²) in [5.74, 6) is -0.845. The second kappa shape index (κ2) is 6.26. The van der Waals surface area contributed by atoms with Gasteiger partial charge in [0.05, 0.1) is 17.7 Å². The zero-order valence-corrected chi connectivity index (χ0v) is 11.1. The fourth-order valence-corrected chi connectivity index (χ4v) is 1.74. The van der Waals surface area contributed by atoms with Crippen LogP contribution in [0.15, 0.2) is 24.3 Å². The SMILES string of the molecule is N#Cc1nnc2ccccc2c1NCC(=O)NCC(F)(F)F. The molecular formula is C13H10F3N5O. The second-order valence-electron chi connectivity index (χ2n) is 4.30. The molecule has 0 bridgehead atoms. The highest BCUT2D eigenvalue weighted by Crippen LogP contribution is 2.23. The van der Waals surface area contributed by atoms with Gasteiger partial charge in [-0.3, -0.25) is 4.79 Å². The number of nitrogens with one attached hydrogen (secondary N) is 2. The number of hydrogen-bond acceptors (Lipinski definition) is 5. The van der Waals surface area contributed by atoms with Crippen LogP contribution >= 0.6 is 0 Å². The Morgan fingerprint density at radius 3 is 2.68 bits per heavy atom. The Morgan fingerprint density at radius 2 is 2.00 bits per heavy atom. The molecule has 2 N–H and O–H groups in total. The molecular weight excluding hydrogens is 299 g/mol. The largest absolute Gasteiger partial charge is 0.405 e. The lowest BCUT2D eigenvalue weighted by Crippen LogP contribution is -2.37. The van der Waals surface area contributed by atoms with Crippen molar-refractivity contribution in [3.05, 3.63) is 30.0 Å². The van der Waals surface area contributed by atoms with Crippen molar-refractivity contribution < 1.29 is 18.0 Å². The first-order valence-electron chi connectivity index (χ1n) is 6.13. The molecule has 0 aliphatic carbocycles. The van der Waals surface area contributed by atoms with Gasteiger partial charge in [-0.05, 0) is 6.07 Å². The van der Waals surface area contributed by atoms with Crippen LogP contribution in [0.4, 0.5) is 18.9 Å². The van der Waals surface area contributed by atoms with Gasteiger partial charge in [-0.1, -0.05) is 18.2 Å². The van der Waals surface area contributed by atoms with E-state index in [-0.39, 0.29) is 11.4 Å². The molecule has 1 heterocycles. The second-order valence-corrected chi connectivity index (χ2v) is 4.30. The fraction of sp³-hybridized carbons (Fsp3) is 0.231. The summed E-state index contributed by atoms with van der Waals surface area (Å²) in [7, 11) is 0. The monoisotopic (exact) mass is 309 g/mol. The van der Waals surface area contributed by atoms with Crippen molar-refractivity contribution in [2.45, 2.75) is 6.18 Å². The topological polar surface area (TPSA) is 90.7 Å². The summed E-state index contributed by atoms with van der Waals surface area (Å²) in [5.41, 5.74) is 0.720. The Labute approximate surface area is 122 Å². The molecule has 0 spiro atoms. The number of alkyl halides is 3. The number of hydrogen-bond donors (Lipinski definition) is 2. The van der Waals surface area contributed by atoms with Crippen LogP contribution < -0.4 is 10.6 Å². The Kier molecular flexibility index (Phi) is 4.41. The van der Waals surface area contributed by atoms with E-state index in [0.29, 0.717) is 10.9 Å². The molecule has 0 atom stereocenters. The average Bonchev–Trinajstić information content (AvgIpc) is 2.49. The molecule has 1 aromatic carbocycles. The molecule has 2 rings (SSSR count). The van der Waals surface area contributed by atoms with E-state index in [1.54, 1.807) is 29.6 Å². The Morgan fingerprint density at radius 1 is 1.27 bits per heavy atom. The first kappa shape index (κ1) is 15.5. The maximum Gasteiger partial charge on any atom is 0.405 e. The molecule has 0 fully saturated rings. The molecule has 1 amide bonds. The highest BCUT2D eigenvalue weighted by molar-refractivity contribution is 5.94. The van der Waals surface area contributed by atoms with Crippen molar-refractivity contribution in [2.75, 3.05) is 18.4 Å². The van der Waals surface area contributed by atoms with Gasteiger partial charge in [0.2, 0.25) is 5.91 Å². The molecule has 2 aromatic rings. The Bertz CT molecular complexity index is 739. The molecule has 0 saturated heterocycles. The number of halogens is 3. The number of nitrogens with zero attached hydrogens (tertiary/aromatic N) is 3. The standard InChI is InChI=1S/C13H10F3N5O/c14-13(15,16)7-19-11(22)6-18-12-8-3-1-2-4-9(8)20-21-10(12)5-17/h1-4H,6-7H2,(H,18,20)(H,19,22). The lowest BCUT2D eigenvalue weighted by Gasteiger charge is -2.11. The van der Waals surface area contributed by atoms with Crippen molar-refractivity contribution in [2.24, 2.45) is 0 Å². The third-order valence-electron chi connectivity index (χ3n) is 2.69. The van der Waals surface area contributed by atoms with Crippen LogP contribution in [0.2, 0.25) is 0 Å². The number of rotatable bonds is 4. The first-order valence-corrected chi connectivity index (χ1v) is 6.13. The number of amides is 1. The summed E-state index contributed by atoms with van der Waals surface area (Å²) in [6, 6.07) is 8.59. The fourth-order valence-electron chi connectivity index (χ4n) is 1.74. The van der Waals surface area contributed by atoms with E-state index in [0.717, 1.165) is 0 Å². The molecule has 0 unspecified atom stereocenters. The van der Waals surface area contributed by atoms with Gasteiger partial charge in [0.1, 0.15) is 12.6 Å². The number of fused-ring (bicyclic) bond motifs is 1. The molecule has 6 nitrogen and oxygen atoms in total. The minimum Gasteiger partial charge on any atom is -0.373 e. The molecule has 0 saturated carbocycles. The summed E-state index contributed by atoms with van der Waals surface area (Å²) < 4.78 is 36.0. The number of aromatic nitrogens is 2. The van der Waals surface area contributed by atoms with E-state index >= 15 is 0 Å². The van der Waals surface area contributed by atoms with E-state index in [4.69, 9.17) is 5.26 Å². The number of benzene rings is 1. The predicted octanol–water partition coefficient (Wildman–Crippen LogP) is 1.59. The van der Waals surface area contributed by atoms with Crippen LogP contribution in [0, 0.1) is 11.3 Å². The average molecular weight is 309 g/mol. The number of carbonyl (C=O) groups excluding carboxylic acids is 1. The highest BCUT2D eigenvalue weighted by atomic mass is 19.4. The third kappa shape index (κ3) is 3.82. The zero-order chi connectivity index (χ0) is 16.2. The van der Waals surface area contributed by atoms with Crippen molar-refractivity contribution in [1.82, 2.24) is 15.5 Å². The lowest BCUT2D eigenvalue weighted by molar-refractivity contribution is -0.137. The van der Waals surface area contributed by atoms with Gasteiger partial charge in [0, 0.05) is 5.39 Å². The minimum atomic E-state index is -4.47. The van der Waals surface area contributed by atoms with Gasteiger partial charge in [-0.2, -0.15) is 18.4 Å². The molecule has 0 aliphatic rings. The third-order valence-corrected chi connectivity index (χ3v) is 2.69. The Balaban J connectivity index is 2.14. The van der Waals surface area contributed by atoms with Crippen molar-refractivity contribution >= 4 is 22.5 Å². The molecule has 0 radical (unpaired) electrons. The quantitative estimate of drug-likeness (QED) is 0.895. The van der Waals surface area contributed by atoms with Gasteiger partial charge in [-0.25, -0.2) is 0 Å². The maximum atomic E-state index is 12.0. The van der Waals surface area contributed by atoms with Gasteiger partial charge in [0.25, 0.3) is 0 Å². The van der Waals surface area contributed by atoms with Crippen molar-refractivity contribution in [3.8, 4) is 6.07 Å². The van der Waals surface area contributed by atoms with Gasteiger partial charge in [-0.15, -0.1) is 10.2 Å². The predicted molar refractivity (Wildman–Crippen MR) is 71.8 cm³/mol. The number of anilines is 1. The van der Waals surface area contributed by atoms with Gasteiger partial charge >= 0.3 is 6.18 Å². The van der Waals surface area contributed by atoms with E-state index < -0.39 is 25.2 Å². The van der Waals surface area contributed by atoms with Crippen LogP contribution in [-0.2, 0) is 4.79 Å². The number of nitriles is 1. The zero-order valence-electron chi connectivity index (χ0n) is 11.1. The van der Waals surface area contributed by atoms with Crippen LogP contribution in [0.1, 0.15) is 5.69 Å². The summed E-state index contributed by atoms with van der Waals surface area (Å²) in [4.78, 5) is 11.4. The van der Waals surface area contributed by atoms with Crippen LogP contribution in [-0.4, -0.2) is 35.4 Å². The maximum absolute atomic E-state index is 12.0. The van der Waals surface area contributed by atoms with Crippen molar-refractivity contribution in [3.63, 3.8) is 0 Å². The van der Waals surface area contributed by atoms with E-state index in [2.05, 4.69) is 15.5 Å². The normalized spacial score (nSPS) is 11.0. The minimum absolute atomic E-state index is 0.0395. The van der Waals surface area contributed by atoms with E-state index in [1.807, 2.05) is 6.07 Å². The lowest BCUT2D eigenvalue weighted by atomic mass is 10.1. The summed E-state index contributed by atoms with van der Waals surface area (Å²) in [5, 5.41) is 21.5. The number of carbonyl (C=O) groups is 1. The summed E-state index contributed by atoms with van der Waals surface area (Å²) in [6.45, 7) is -1.82. The molecule has 9 heteroatoms. The molecule has 0 aliphatic heterocycles. The van der Waals surface area contributed by atoms with E-state index in [9.17, 15) is 18.0 Å². The van der Waals surface area contributed by atoms with Crippen molar-refractivity contribution in [1.29, 1.82) is 5.26 Å². The molecule has 1 aromatic heterocycles. The highest BCUT2D eigenvalue weighted by Gasteiger charge is 2.27. The first-order chi connectivity index (χ1) is 10.4. The smallest absolute Gasteiger partial charge is 0.373 e. The molecule has 114 valence electrons. The summed E-state index contributed by atoms with van der Waals surface area (Å²) >= 11 is 0. The van der Waals surface area contributed by atoms with Crippen LogP contribution in [0.5, 0.6) is 0 Å². The van der Waals surface area contributed by atoms with Crippen LogP contribution in [0.3, 0.4) is 0 Å². The van der Waals surface area contributed by atoms with Gasteiger partial charge < -0.3 is 10.6 Å². The molecule has 22 heavy (non-hydrogen) atoms. The summed E-state index contributed by atoms with van der Waals surface area (Å²) in [6.07, 6.45) is -4.47. The van der Waals surface area contributed by atoms with Gasteiger partial charge in [0.15, 0.2) is 5.69 Å². The van der Waals surface area contributed by atoms with E-state index in [1.165, 1.54) is 0 Å². The van der Waals surface area contributed by atoms with Crippen LogP contribution in [0.25, 0.3) is 10.9 Å². The Hall–Kier alpha value is -2.89.